The van der Waals surface area contributed by atoms with Crippen molar-refractivity contribution >= 4 is 17.4 Å². The lowest BCUT2D eigenvalue weighted by atomic mass is 9.95. The predicted molar refractivity (Wildman–Crippen MR) is 80.2 cm³/mol. The normalized spacial score (nSPS) is 15.3. The van der Waals surface area contributed by atoms with E-state index in [4.69, 9.17) is 0 Å². The molecule has 1 saturated carbocycles. The Morgan fingerprint density at radius 3 is 2.48 bits per heavy atom. The number of hydrogen-bond acceptors (Lipinski definition) is 3. The van der Waals surface area contributed by atoms with Crippen molar-refractivity contribution in [2.45, 2.75) is 25.2 Å². The molecular formula is C17H16N2O2. The molecule has 106 valence electrons. The summed E-state index contributed by atoms with van der Waals surface area (Å²) < 4.78 is 0. The average molecular weight is 280 g/mol. The van der Waals surface area contributed by atoms with Crippen LogP contribution in [0.5, 0.6) is 0 Å². The summed E-state index contributed by atoms with van der Waals surface area (Å²) in [6, 6.07) is 11.4. The van der Waals surface area contributed by atoms with Crippen LogP contribution in [0.15, 0.2) is 48.8 Å². The van der Waals surface area contributed by atoms with Gasteiger partial charge >= 0.3 is 0 Å². The summed E-state index contributed by atoms with van der Waals surface area (Å²) in [6.45, 7) is 1.47. The third kappa shape index (κ3) is 2.44. The van der Waals surface area contributed by atoms with E-state index in [0.717, 1.165) is 18.4 Å². The minimum Gasteiger partial charge on any atom is -0.325 e. The van der Waals surface area contributed by atoms with E-state index in [0.29, 0.717) is 11.3 Å². The first-order valence-electron chi connectivity index (χ1n) is 6.95. The van der Waals surface area contributed by atoms with Crippen LogP contribution in [-0.4, -0.2) is 16.7 Å². The zero-order valence-corrected chi connectivity index (χ0v) is 11.8. The first kappa shape index (κ1) is 13.5. The van der Waals surface area contributed by atoms with Gasteiger partial charge in [0.15, 0.2) is 5.78 Å². The lowest BCUT2D eigenvalue weighted by Crippen LogP contribution is -2.28. The number of Topliss-reactive ketones (excluding diaryl/α,β-unsaturated/α-hetero) is 1. The molecule has 1 aromatic carbocycles. The molecule has 1 aromatic heterocycles. The highest BCUT2D eigenvalue weighted by molar-refractivity contribution is 6.07. The number of hydrogen-bond donors (Lipinski definition) is 1. The van der Waals surface area contributed by atoms with Gasteiger partial charge < -0.3 is 5.32 Å². The zero-order chi connectivity index (χ0) is 14.9. The number of ketones is 1. The number of carbonyl (C=O) groups excluding carboxylic acids is 2. The summed E-state index contributed by atoms with van der Waals surface area (Å²) >= 11 is 0. The molecule has 1 N–H and O–H groups in total. The molecule has 0 atom stereocenters. The monoisotopic (exact) mass is 280 g/mol. The molecule has 0 saturated heterocycles. The Hall–Kier alpha value is -2.49. The molecular weight excluding hydrogens is 264 g/mol. The van der Waals surface area contributed by atoms with Crippen molar-refractivity contribution in [3.8, 4) is 0 Å². The van der Waals surface area contributed by atoms with Crippen LogP contribution >= 0.6 is 0 Å². The topological polar surface area (TPSA) is 59.1 Å². The molecule has 1 heterocycles. The molecule has 2 aromatic rings. The Morgan fingerprint density at radius 2 is 1.86 bits per heavy atom. The predicted octanol–water partition coefficient (Wildman–Crippen LogP) is 2.95. The van der Waals surface area contributed by atoms with Crippen LogP contribution in [0, 0.1) is 0 Å². The number of aromatic nitrogens is 1. The number of rotatable bonds is 4. The fraction of sp³-hybridized carbons (Fsp3) is 0.235. The first-order chi connectivity index (χ1) is 10.1. The van der Waals surface area contributed by atoms with E-state index in [1.54, 1.807) is 12.3 Å². The molecule has 4 heteroatoms. The van der Waals surface area contributed by atoms with Gasteiger partial charge in [-0.15, -0.1) is 0 Å². The maximum absolute atomic E-state index is 12.6. The van der Waals surface area contributed by atoms with Crippen molar-refractivity contribution in [2.24, 2.45) is 0 Å². The standard InChI is InChI=1S/C17H16N2O2/c1-12(20)14-11-18-10-7-15(14)19-16(21)17(8-9-17)13-5-3-2-4-6-13/h2-7,10-11H,8-9H2,1H3,(H,18,19,21). The van der Waals surface area contributed by atoms with Gasteiger partial charge in [-0.2, -0.15) is 0 Å². The molecule has 0 aliphatic heterocycles. The van der Waals surface area contributed by atoms with E-state index in [2.05, 4.69) is 10.3 Å². The van der Waals surface area contributed by atoms with E-state index in [-0.39, 0.29) is 11.7 Å². The Balaban J connectivity index is 1.87. The second kappa shape index (κ2) is 5.13. The van der Waals surface area contributed by atoms with Crippen LogP contribution in [0.25, 0.3) is 0 Å². The van der Waals surface area contributed by atoms with Crippen molar-refractivity contribution in [1.82, 2.24) is 4.98 Å². The van der Waals surface area contributed by atoms with Crippen LogP contribution in [0.1, 0.15) is 35.7 Å². The maximum atomic E-state index is 12.6. The largest absolute Gasteiger partial charge is 0.325 e. The van der Waals surface area contributed by atoms with Gasteiger partial charge in [0.25, 0.3) is 0 Å². The lowest BCUT2D eigenvalue weighted by molar-refractivity contribution is -0.118. The van der Waals surface area contributed by atoms with Crippen molar-refractivity contribution in [3.63, 3.8) is 0 Å². The van der Waals surface area contributed by atoms with Crippen LogP contribution < -0.4 is 5.32 Å². The number of carbonyl (C=O) groups is 2. The summed E-state index contributed by atoms with van der Waals surface area (Å²) in [5.74, 6) is -0.162. The summed E-state index contributed by atoms with van der Waals surface area (Å²) in [4.78, 5) is 28.2. The molecule has 21 heavy (non-hydrogen) atoms. The summed E-state index contributed by atoms with van der Waals surface area (Å²) in [5, 5.41) is 2.89. The van der Waals surface area contributed by atoms with Crippen molar-refractivity contribution in [2.75, 3.05) is 5.32 Å². The van der Waals surface area contributed by atoms with E-state index in [1.807, 2.05) is 30.3 Å². The Kier molecular flexibility index (Phi) is 3.29. The van der Waals surface area contributed by atoms with Gasteiger partial charge in [-0.1, -0.05) is 30.3 Å². The number of nitrogens with zero attached hydrogens (tertiary/aromatic N) is 1. The van der Waals surface area contributed by atoms with Crippen LogP contribution in [0.3, 0.4) is 0 Å². The molecule has 3 rings (SSSR count). The second-order valence-electron chi connectivity index (χ2n) is 5.38. The molecule has 1 amide bonds. The summed E-state index contributed by atoms with van der Waals surface area (Å²) in [6.07, 6.45) is 4.73. The van der Waals surface area contributed by atoms with Crippen molar-refractivity contribution in [3.05, 3.63) is 59.9 Å². The minimum absolute atomic E-state index is 0.0533. The molecule has 0 radical (unpaired) electrons. The van der Waals surface area contributed by atoms with E-state index in [1.165, 1.54) is 13.1 Å². The third-order valence-corrected chi connectivity index (χ3v) is 3.96. The van der Waals surface area contributed by atoms with Gasteiger partial charge in [0.2, 0.25) is 5.91 Å². The van der Waals surface area contributed by atoms with Crippen LogP contribution in [0.4, 0.5) is 5.69 Å². The van der Waals surface area contributed by atoms with Gasteiger partial charge in [0, 0.05) is 12.4 Å². The highest BCUT2D eigenvalue weighted by atomic mass is 16.2. The number of nitrogens with one attached hydrogen (secondary N) is 1. The fourth-order valence-corrected chi connectivity index (χ4v) is 2.55. The molecule has 4 nitrogen and oxygen atoms in total. The average Bonchev–Trinajstić information content (AvgIpc) is 3.30. The van der Waals surface area contributed by atoms with E-state index in [9.17, 15) is 9.59 Å². The second-order valence-corrected chi connectivity index (χ2v) is 5.38. The highest BCUT2D eigenvalue weighted by Crippen LogP contribution is 2.49. The van der Waals surface area contributed by atoms with Gasteiger partial charge in [-0.25, -0.2) is 0 Å². The maximum Gasteiger partial charge on any atom is 0.235 e. The molecule has 0 unspecified atom stereocenters. The molecule has 1 fully saturated rings. The SMILES string of the molecule is CC(=O)c1cnccc1NC(=O)C1(c2ccccc2)CC1. The quantitative estimate of drug-likeness (QED) is 0.876. The Bertz CT molecular complexity index is 691. The Morgan fingerprint density at radius 1 is 1.14 bits per heavy atom. The third-order valence-electron chi connectivity index (χ3n) is 3.96. The number of anilines is 1. The van der Waals surface area contributed by atoms with Gasteiger partial charge in [-0.05, 0) is 31.4 Å². The molecule has 0 bridgehead atoms. The summed E-state index contributed by atoms with van der Waals surface area (Å²) in [5.41, 5.74) is 1.55. The lowest BCUT2D eigenvalue weighted by Gasteiger charge is -2.16. The van der Waals surface area contributed by atoms with Crippen LogP contribution in [-0.2, 0) is 10.2 Å². The molecule has 1 aliphatic carbocycles. The van der Waals surface area contributed by atoms with E-state index < -0.39 is 5.41 Å². The van der Waals surface area contributed by atoms with Gasteiger partial charge in [-0.3, -0.25) is 14.6 Å². The molecule has 0 spiro atoms. The Labute approximate surface area is 123 Å². The number of amides is 1. The van der Waals surface area contributed by atoms with Crippen LogP contribution in [0.2, 0.25) is 0 Å². The van der Waals surface area contributed by atoms with Gasteiger partial charge in [0.05, 0.1) is 16.7 Å². The van der Waals surface area contributed by atoms with Gasteiger partial charge in [0.1, 0.15) is 0 Å². The van der Waals surface area contributed by atoms with Crippen molar-refractivity contribution in [1.29, 1.82) is 0 Å². The fourth-order valence-electron chi connectivity index (χ4n) is 2.55. The molecule has 1 aliphatic rings. The van der Waals surface area contributed by atoms with E-state index >= 15 is 0 Å². The van der Waals surface area contributed by atoms with Crippen molar-refractivity contribution < 1.29 is 9.59 Å². The zero-order valence-electron chi connectivity index (χ0n) is 11.8. The first-order valence-corrected chi connectivity index (χ1v) is 6.95. The summed E-state index contributed by atoms with van der Waals surface area (Å²) in [7, 11) is 0. The minimum atomic E-state index is -0.446. The number of pyridine rings is 1. The smallest absolute Gasteiger partial charge is 0.235 e. The number of benzene rings is 1. The highest BCUT2D eigenvalue weighted by Gasteiger charge is 2.51.